The van der Waals surface area contributed by atoms with E-state index in [1.807, 2.05) is 0 Å². The Morgan fingerprint density at radius 1 is 1.10 bits per heavy atom. The third-order valence-corrected chi connectivity index (χ3v) is 4.31. The summed E-state index contributed by atoms with van der Waals surface area (Å²) in [4.78, 5) is 0. The van der Waals surface area contributed by atoms with Crippen molar-refractivity contribution < 1.29 is 4.74 Å². The van der Waals surface area contributed by atoms with Crippen LogP contribution in [0.25, 0.3) is 0 Å². The van der Waals surface area contributed by atoms with Gasteiger partial charge in [0.2, 0.25) is 0 Å². The van der Waals surface area contributed by atoms with Gasteiger partial charge in [-0.2, -0.15) is 0 Å². The van der Waals surface area contributed by atoms with Crippen molar-refractivity contribution in [2.45, 2.75) is 25.6 Å². The Kier molecular flexibility index (Phi) is 4.70. The van der Waals surface area contributed by atoms with Crippen LogP contribution in [0.1, 0.15) is 16.7 Å². The maximum Gasteiger partial charge on any atom is 0.0718 e. The minimum Gasteiger partial charge on any atom is -0.375 e. The number of halogens is 1. The zero-order valence-electron chi connectivity index (χ0n) is 11.3. The Balaban J connectivity index is 1.51. The molecule has 3 heteroatoms. The lowest BCUT2D eigenvalue weighted by molar-refractivity contribution is 0.0962. The van der Waals surface area contributed by atoms with E-state index in [1.54, 1.807) is 0 Å². The molecule has 0 spiro atoms. The quantitative estimate of drug-likeness (QED) is 0.821. The molecule has 20 heavy (non-hydrogen) atoms. The van der Waals surface area contributed by atoms with Gasteiger partial charge in [-0.05, 0) is 57.8 Å². The first-order valence-corrected chi connectivity index (χ1v) is 8.01. The van der Waals surface area contributed by atoms with E-state index in [9.17, 15) is 0 Å². The molecule has 104 valence electrons. The van der Waals surface area contributed by atoms with Gasteiger partial charge in [0.15, 0.2) is 0 Å². The third kappa shape index (κ3) is 3.59. The third-order valence-electron chi connectivity index (χ3n) is 3.64. The number of nitrogens with one attached hydrogen (secondary N) is 1. The molecule has 1 aliphatic heterocycles. The first kappa shape index (κ1) is 14.0. The fourth-order valence-electron chi connectivity index (χ4n) is 2.58. The van der Waals surface area contributed by atoms with E-state index in [4.69, 9.17) is 4.74 Å². The van der Waals surface area contributed by atoms with Gasteiger partial charge in [0, 0.05) is 16.2 Å². The molecule has 1 heterocycles. The first-order chi connectivity index (χ1) is 9.81. The SMILES string of the molecule is Ic1cccc(COC[C@@H]2Cc3ccccc3CN2)c1. The van der Waals surface area contributed by atoms with E-state index in [2.05, 4.69) is 76.4 Å². The van der Waals surface area contributed by atoms with E-state index < -0.39 is 0 Å². The summed E-state index contributed by atoms with van der Waals surface area (Å²) < 4.78 is 7.12. The summed E-state index contributed by atoms with van der Waals surface area (Å²) in [5.74, 6) is 0. The molecule has 0 bridgehead atoms. The Labute approximate surface area is 133 Å². The van der Waals surface area contributed by atoms with Gasteiger partial charge < -0.3 is 10.1 Å². The highest BCUT2D eigenvalue weighted by atomic mass is 127. The predicted molar refractivity (Wildman–Crippen MR) is 89.6 cm³/mol. The second-order valence-electron chi connectivity index (χ2n) is 5.20. The van der Waals surface area contributed by atoms with Gasteiger partial charge in [0.05, 0.1) is 13.2 Å². The lowest BCUT2D eigenvalue weighted by Crippen LogP contribution is -2.38. The van der Waals surface area contributed by atoms with Crippen molar-refractivity contribution >= 4 is 22.6 Å². The molecular weight excluding hydrogens is 361 g/mol. The van der Waals surface area contributed by atoms with Crippen molar-refractivity contribution in [2.24, 2.45) is 0 Å². The lowest BCUT2D eigenvalue weighted by atomic mass is 9.96. The molecule has 0 aliphatic carbocycles. The van der Waals surface area contributed by atoms with Gasteiger partial charge in [0.25, 0.3) is 0 Å². The summed E-state index contributed by atoms with van der Waals surface area (Å²) in [6.07, 6.45) is 1.06. The molecule has 0 amide bonds. The molecule has 0 saturated carbocycles. The fourth-order valence-corrected chi connectivity index (χ4v) is 3.19. The Hall–Kier alpha value is -0.910. The molecule has 1 atom stereocenters. The standard InChI is InChI=1S/C17H18INO/c18-16-7-3-4-13(8-16)11-20-12-17-9-14-5-1-2-6-15(14)10-19-17/h1-8,17,19H,9-12H2/t17-/m0/s1. The van der Waals surface area contributed by atoms with Gasteiger partial charge in [-0.15, -0.1) is 0 Å². The second kappa shape index (κ2) is 6.70. The van der Waals surface area contributed by atoms with E-state index in [0.717, 1.165) is 19.6 Å². The van der Waals surface area contributed by atoms with Crippen LogP contribution in [0, 0.1) is 3.57 Å². The zero-order valence-corrected chi connectivity index (χ0v) is 13.5. The lowest BCUT2D eigenvalue weighted by Gasteiger charge is -2.26. The number of rotatable bonds is 4. The predicted octanol–water partition coefficient (Wildman–Crippen LogP) is 3.52. The van der Waals surface area contributed by atoms with Crippen molar-refractivity contribution in [2.75, 3.05) is 6.61 Å². The largest absolute Gasteiger partial charge is 0.375 e. The Morgan fingerprint density at radius 2 is 1.95 bits per heavy atom. The molecule has 0 unspecified atom stereocenters. The number of benzene rings is 2. The average molecular weight is 379 g/mol. The van der Waals surface area contributed by atoms with E-state index in [-0.39, 0.29) is 0 Å². The molecule has 2 aromatic carbocycles. The number of ether oxygens (including phenoxy) is 1. The van der Waals surface area contributed by atoms with Crippen LogP contribution < -0.4 is 5.32 Å². The van der Waals surface area contributed by atoms with Gasteiger partial charge in [-0.1, -0.05) is 36.4 Å². The average Bonchev–Trinajstić information content (AvgIpc) is 2.47. The smallest absolute Gasteiger partial charge is 0.0718 e. The van der Waals surface area contributed by atoms with Crippen molar-refractivity contribution in [1.82, 2.24) is 5.32 Å². The number of hydrogen-bond donors (Lipinski definition) is 1. The molecule has 0 saturated heterocycles. The maximum atomic E-state index is 5.86. The summed E-state index contributed by atoms with van der Waals surface area (Å²) >= 11 is 2.33. The van der Waals surface area contributed by atoms with Crippen LogP contribution in [0.2, 0.25) is 0 Å². The summed E-state index contributed by atoms with van der Waals surface area (Å²) in [5, 5.41) is 3.55. The van der Waals surface area contributed by atoms with E-state index >= 15 is 0 Å². The fraction of sp³-hybridized carbons (Fsp3) is 0.294. The minimum absolute atomic E-state index is 0.424. The first-order valence-electron chi connectivity index (χ1n) is 6.93. The molecule has 0 radical (unpaired) electrons. The summed E-state index contributed by atoms with van der Waals surface area (Å²) in [6, 6.07) is 17.5. The van der Waals surface area contributed by atoms with Crippen LogP contribution in [-0.2, 0) is 24.3 Å². The van der Waals surface area contributed by atoms with Crippen molar-refractivity contribution in [3.63, 3.8) is 0 Å². The van der Waals surface area contributed by atoms with E-state index in [0.29, 0.717) is 12.6 Å². The highest BCUT2D eigenvalue weighted by Crippen LogP contribution is 2.16. The Bertz CT molecular complexity index is 585. The molecule has 2 aromatic rings. The molecule has 3 rings (SSSR count). The topological polar surface area (TPSA) is 21.3 Å². The van der Waals surface area contributed by atoms with E-state index in [1.165, 1.54) is 20.3 Å². The number of fused-ring (bicyclic) bond motifs is 1. The minimum atomic E-state index is 0.424. The molecular formula is C17H18INO. The summed E-state index contributed by atoms with van der Waals surface area (Å²) in [7, 11) is 0. The highest BCUT2D eigenvalue weighted by molar-refractivity contribution is 14.1. The molecule has 0 aromatic heterocycles. The summed E-state index contributed by atoms with van der Waals surface area (Å²) in [6.45, 7) is 2.41. The van der Waals surface area contributed by atoms with Gasteiger partial charge in [-0.25, -0.2) is 0 Å². The number of hydrogen-bond acceptors (Lipinski definition) is 2. The molecule has 0 fully saturated rings. The van der Waals surface area contributed by atoms with Crippen LogP contribution in [-0.4, -0.2) is 12.6 Å². The Morgan fingerprint density at radius 3 is 2.80 bits per heavy atom. The molecule has 1 aliphatic rings. The van der Waals surface area contributed by atoms with Crippen molar-refractivity contribution in [3.05, 3.63) is 68.8 Å². The highest BCUT2D eigenvalue weighted by Gasteiger charge is 2.17. The van der Waals surface area contributed by atoms with Crippen LogP contribution in [0.4, 0.5) is 0 Å². The van der Waals surface area contributed by atoms with Gasteiger partial charge in [-0.3, -0.25) is 0 Å². The van der Waals surface area contributed by atoms with Crippen LogP contribution in [0.15, 0.2) is 48.5 Å². The van der Waals surface area contributed by atoms with Crippen LogP contribution >= 0.6 is 22.6 Å². The maximum absolute atomic E-state index is 5.86. The van der Waals surface area contributed by atoms with Crippen LogP contribution in [0.3, 0.4) is 0 Å². The van der Waals surface area contributed by atoms with Gasteiger partial charge >= 0.3 is 0 Å². The normalized spacial score (nSPS) is 17.8. The van der Waals surface area contributed by atoms with Crippen molar-refractivity contribution in [1.29, 1.82) is 0 Å². The van der Waals surface area contributed by atoms with Crippen molar-refractivity contribution in [3.8, 4) is 0 Å². The molecule has 2 nitrogen and oxygen atoms in total. The summed E-state index contributed by atoms with van der Waals surface area (Å²) in [5.41, 5.74) is 4.11. The molecule has 1 N–H and O–H groups in total. The van der Waals surface area contributed by atoms with Gasteiger partial charge in [0.1, 0.15) is 0 Å². The monoisotopic (exact) mass is 379 g/mol. The van der Waals surface area contributed by atoms with Crippen LogP contribution in [0.5, 0.6) is 0 Å². The second-order valence-corrected chi connectivity index (χ2v) is 6.44. The zero-order chi connectivity index (χ0) is 13.8.